The SMILES string of the molecule is CC(=O)c1cncc(C(=O)Nc2ccc(N3CC(C)OC(C)C3)nc2)c1. The zero-order valence-electron chi connectivity index (χ0n) is 15.1. The highest BCUT2D eigenvalue weighted by molar-refractivity contribution is 6.05. The number of anilines is 2. The summed E-state index contributed by atoms with van der Waals surface area (Å²) in [5.74, 6) is 0.390. The minimum atomic E-state index is -0.330. The van der Waals surface area contributed by atoms with Crippen LogP contribution in [0.15, 0.2) is 36.8 Å². The zero-order chi connectivity index (χ0) is 18.7. The molecule has 3 rings (SSSR count). The van der Waals surface area contributed by atoms with Gasteiger partial charge in [0.25, 0.3) is 5.91 Å². The number of nitrogens with one attached hydrogen (secondary N) is 1. The average molecular weight is 354 g/mol. The summed E-state index contributed by atoms with van der Waals surface area (Å²) in [6.45, 7) is 7.09. The first-order valence-corrected chi connectivity index (χ1v) is 8.56. The first kappa shape index (κ1) is 18.0. The van der Waals surface area contributed by atoms with Gasteiger partial charge in [-0.1, -0.05) is 0 Å². The molecule has 1 saturated heterocycles. The van der Waals surface area contributed by atoms with Gasteiger partial charge in [0.05, 0.1) is 29.7 Å². The summed E-state index contributed by atoms with van der Waals surface area (Å²) in [6.07, 6.45) is 4.81. The number of amides is 1. The van der Waals surface area contributed by atoms with E-state index in [1.54, 1.807) is 6.20 Å². The fraction of sp³-hybridized carbons (Fsp3) is 0.368. The van der Waals surface area contributed by atoms with Gasteiger partial charge in [0, 0.05) is 31.0 Å². The lowest BCUT2D eigenvalue weighted by atomic mass is 10.1. The number of ketones is 1. The van der Waals surface area contributed by atoms with Crippen molar-refractivity contribution in [2.24, 2.45) is 0 Å². The summed E-state index contributed by atoms with van der Waals surface area (Å²) in [5, 5.41) is 2.78. The highest BCUT2D eigenvalue weighted by atomic mass is 16.5. The summed E-state index contributed by atoms with van der Waals surface area (Å²) in [6, 6.07) is 5.22. The Kier molecular flexibility index (Phi) is 5.27. The maximum absolute atomic E-state index is 12.3. The van der Waals surface area contributed by atoms with Crippen LogP contribution in [0.4, 0.5) is 11.5 Å². The van der Waals surface area contributed by atoms with Gasteiger partial charge in [0.1, 0.15) is 5.82 Å². The molecule has 136 valence electrons. The number of rotatable bonds is 4. The highest BCUT2D eigenvalue weighted by Gasteiger charge is 2.23. The molecule has 0 radical (unpaired) electrons. The van der Waals surface area contributed by atoms with E-state index in [1.165, 1.54) is 25.4 Å². The minimum absolute atomic E-state index is 0.132. The van der Waals surface area contributed by atoms with E-state index < -0.39 is 0 Å². The standard InChI is InChI=1S/C19H22N4O3/c1-12-10-23(11-13(2)26-12)18-5-4-17(9-21-18)22-19(25)16-6-15(14(3)24)7-20-8-16/h4-9,12-13H,10-11H2,1-3H3,(H,22,25). The Morgan fingerprint density at radius 1 is 1.12 bits per heavy atom. The van der Waals surface area contributed by atoms with E-state index in [9.17, 15) is 9.59 Å². The third kappa shape index (κ3) is 4.23. The number of aromatic nitrogens is 2. The molecule has 0 aliphatic carbocycles. The first-order chi connectivity index (χ1) is 12.4. The van der Waals surface area contributed by atoms with E-state index in [0.717, 1.165) is 18.9 Å². The molecule has 1 aliphatic rings. The molecular formula is C19H22N4O3. The highest BCUT2D eigenvalue weighted by Crippen LogP contribution is 2.20. The number of pyridine rings is 2. The summed E-state index contributed by atoms with van der Waals surface area (Å²) in [5.41, 5.74) is 1.32. The first-order valence-electron chi connectivity index (χ1n) is 8.56. The van der Waals surface area contributed by atoms with E-state index in [0.29, 0.717) is 16.8 Å². The summed E-state index contributed by atoms with van der Waals surface area (Å²) in [7, 11) is 0. The predicted molar refractivity (Wildman–Crippen MR) is 98.7 cm³/mol. The number of ether oxygens (including phenoxy) is 1. The molecular weight excluding hydrogens is 332 g/mol. The number of Topliss-reactive ketones (excluding diaryl/α,β-unsaturated/α-hetero) is 1. The van der Waals surface area contributed by atoms with E-state index in [-0.39, 0.29) is 23.9 Å². The van der Waals surface area contributed by atoms with E-state index >= 15 is 0 Å². The van der Waals surface area contributed by atoms with Crippen LogP contribution in [0, 0.1) is 0 Å². The van der Waals surface area contributed by atoms with Crippen LogP contribution in [0.2, 0.25) is 0 Å². The van der Waals surface area contributed by atoms with Gasteiger partial charge < -0.3 is 15.0 Å². The summed E-state index contributed by atoms with van der Waals surface area (Å²) < 4.78 is 5.73. The monoisotopic (exact) mass is 354 g/mol. The number of nitrogens with zero attached hydrogens (tertiary/aromatic N) is 3. The van der Waals surface area contributed by atoms with Crippen LogP contribution < -0.4 is 10.2 Å². The fourth-order valence-electron chi connectivity index (χ4n) is 2.97. The van der Waals surface area contributed by atoms with Gasteiger partial charge in [-0.3, -0.25) is 14.6 Å². The Labute approximate surface area is 152 Å². The Hall–Kier alpha value is -2.80. The largest absolute Gasteiger partial charge is 0.372 e. The third-order valence-electron chi connectivity index (χ3n) is 4.16. The van der Waals surface area contributed by atoms with Crippen LogP contribution in [-0.2, 0) is 4.74 Å². The molecule has 1 amide bonds. The van der Waals surface area contributed by atoms with Gasteiger partial charge in [-0.15, -0.1) is 0 Å². The van der Waals surface area contributed by atoms with E-state index in [1.807, 2.05) is 26.0 Å². The Balaban J connectivity index is 1.68. The van der Waals surface area contributed by atoms with Crippen LogP contribution >= 0.6 is 0 Å². The second-order valence-corrected chi connectivity index (χ2v) is 6.54. The normalized spacial score (nSPS) is 19.9. The molecule has 2 atom stereocenters. The lowest BCUT2D eigenvalue weighted by molar-refractivity contribution is -0.00545. The second kappa shape index (κ2) is 7.61. The molecule has 1 fully saturated rings. The molecule has 7 heteroatoms. The predicted octanol–water partition coefficient (Wildman–Crippen LogP) is 2.55. The second-order valence-electron chi connectivity index (χ2n) is 6.54. The van der Waals surface area contributed by atoms with Crippen LogP contribution in [0.3, 0.4) is 0 Å². The molecule has 0 saturated carbocycles. The molecule has 0 bridgehead atoms. The van der Waals surface area contributed by atoms with Crippen LogP contribution in [0.5, 0.6) is 0 Å². The van der Waals surface area contributed by atoms with Crippen molar-refractivity contribution < 1.29 is 14.3 Å². The number of hydrogen-bond acceptors (Lipinski definition) is 6. The number of hydrogen-bond donors (Lipinski definition) is 1. The van der Waals surface area contributed by atoms with Crippen molar-refractivity contribution in [3.63, 3.8) is 0 Å². The smallest absolute Gasteiger partial charge is 0.257 e. The zero-order valence-corrected chi connectivity index (χ0v) is 15.1. The lowest BCUT2D eigenvalue weighted by Crippen LogP contribution is -2.45. The molecule has 2 aromatic rings. The van der Waals surface area contributed by atoms with Crippen molar-refractivity contribution in [1.82, 2.24) is 9.97 Å². The maximum atomic E-state index is 12.3. The molecule has 2 aromatic heterocycles. The van der Waals surface area contributed by atoms with Gasteiger partial charge >= 0.3 is 0 Å². The van der Waals surface area contributed by atoms with Crippen LogP contribution in [0.25, 0.3) is 0 Å². The fourth-order valence-corrected chi connectivity index (χ4v) is 2.97. The van der Waals surface area contributed by atoms with Gasteiger partial charge in [0.2, 0.25) is 0 Å². The van der Waals surface area contributed by atoms with Crippen molar-refractivity contribution >= 4 is 23.2 Å². The quantitative estimate of drug-likeness (QED) is 0.850. The van der Waals surface area contributed by atoms with Crippen LogP contribution in [0.1, 0.15) is 41.5 Å². The summed E-state index contributed by atoms with van der Waals surface area (Å²) in [4.78, 5) is 34.3. The Morgan fingerprint density at radius 3 is 2.42 bits per heavy atom. The molecule has 1 N–H and O–H groups in total. The van der Waals surface area contributed by atoms with Gasteiger partial charge in [-0.2, -0.15) is 0 Å². The van der Waals surface area contributed by atoms with Crippen molar-refractivity contribution in [2.75, 3.05) is 23.3 Å². The molecule has 0 spiro atoms. The molecule has 1 aliphatic heterocycles. The average Bonchev–Trinajstić information content (AvgIpc) is 2.61. The van der Waals surface area contributed by atoms with Crippen molar-refractivity contribution in [3.05, 3.63) is 47.9 Å². The number of morpholine rings is 1. The molecule has 0 aromatic carbocycles. The maximum Gasteiger partial charge on any atom is 0.257 e. The van der Waals surface area contributed by atoms with Crippen molar-refractivity contribution in [2.45, 2.75) is 33.0 Å². The Bertz CT molecular complexity index is 797. The van der Waals surface area contributed by atoms with Gasteiger partial charge in [-0.05, 0) is 39.0 Å². The minimum Gasteiger partial charge on any atom is -0.372 e. The Morgan fingerprint density at radius 2 is 1.81 bits per heavy atom. The molecule has 3 heterocycles. The van der Waals surface area contributed by atoms with E-state index in [4.69, 9.17) is 4.74 Å². The summed E-state index contributed by atoms with van der Waals surface area (Å²) >= 11 is 0. The molecule has 2 unspecified atom stereocenters. The number of carbonyl (C=O) groups is 2. The molecule has 7 nitrogen and oxygen atoms in total. The van der Waals surface area contributed by atoms with Crippen molar-refractivity contribution in [1.29, 1.82) is 0 Å². The topological polar surface area (TPSA) is 84.4 Å². The molecule has 26 heavy (non-hydrogen) atoms. The number of carbonyl (C=O) groups excluding carboxylic acids is 2. The van der Waals surface area contributed by atoms with Crippen LogP contribution in [-0.4, -0.2) is 47.0 Å². The van der Waals surface area contributed by atoms with Crippen molar-refractivity contribution in [3.8, 4) is 0 Å². The van der Waals surface area contributed by atoms with Gasteiger partial charge in [-0.25, -0.2) is 4.98 Å². The van der Waals surface area contributed by atoms with Gasteiger partial charge in [0.15, 0.2) is 5.78 Å². The van der Waals surface area contributed by atoms with E-state index in [2.05, 4.69) is 20.2 Å². The third-order valence-corrected chi connectivity index (χ3v) is 4.16. The lowest BCUT2D eigenvalue weighted by Gasteiger charge is -2.36.